The Morgan fingerprint density at radius 1 is 0.228 bits per heavy atom. The molecule has 24 nitrogen and oxygen atoms in total. The summed E-state index contributed by atoms with van der Waals surface area (Å²) < 4.78 is 91.9. The summed E-state index contributed by atoms with van der Waals surface area (Å²) in [5.41, 5.74) is 9.68. The lowest BCUT2D eigenvalue weighted by Gasteiger charge is -2.09. The SMILES string of the molecule is OCCOCCOCCOCCOc1ccc2c(c1)-c1cc3[nH]c(cc4nc(cc5[nH]c(cc-2n1)c1cc(OCCOCCOCCOCCO)ccc51)-c1cc(OCCOCCOCCOCCO)ccc1-4)c1cc(OCCOCCOCCOCCO)ccc31. The Bertz CT molecular complexity index is 3260. The normalized spacial score (nSPS) is 11.9. The van der Waals surface area contributed by atoms with Crippen LogP contribution in [0.4, 0.5) is 0 Å². The summed E-state index contributed by atoms with van der Waals surface area (Å²) >= 11 is 0. The Morgan fingerprint density at radius 2 is 0.457 bits per heavy atom. The molecule has 0 aliphatic carbocycles. The zero-order valence-electron chi connectivity index (χ0n) is 52.1. The molecule has 0 saturated heterocycles. The summed E-state index contributed by atoms with van der Waals surface area (Å²) in [7, 11) is 0. The van der Waals surface area contributed by atoms with Crippen LogP contribution < -0.4 is 18.9 Å². The Hall–Kier alpha value is -6.92. The Kier molecular flexibility index (Phi) is 29.9. The molecule has 2 aliphatic heterocycles. The van der Waals surface area contributed by atoms with Gasteiger partial charge in [-0.15, -0.1) is 0 Å². The number of fused-ring (bicyclic) bond motifs is 20. The number of benzene rings is 4. The van der Waals surface area contributed by atoms with E-state index >= 15 is 0 Å². The zero-order valence-corrected chi connectivity index (χ0v) is 52.1. The second-order valence-corrected chi connectivity index (χ2v) is 20.7. The number of hydrogen-bond donors (Lipinski definition) is 6. The highest BCUT2D eigenvalue weighted by molar-refractivity contribution is 6.11. The van der Waals surface area contributed by atoms with Gasteiger partial charge in [0.2, 0.25) is 0 Å². The van der Waals surface area contributed by atoms with Crippen molar-refractivity contribution in [3.05, 3.63) is 97.1 Å². The lowest BCUT2D eigenvalue weighted by molar-refractivity contribution is 0.00361. The molecule has 92 heavy (non-hydrogen) atoms. The summed E-state index contributed by atoms with van der Waals surface area (Å²) in [5.74, 6) is 2.63. The van der Waals surface area contributed by atoms with Crippen LogP contribution in [-0.4, -0.2) is 252 Å². The molecule has 0 saturated carbocycles. The number of ether oxygens (including phenoxy) is 16. The first-order valence-corrected chi connectivity index (χ1v) is 31.3. The quantitative estimate of drug-likeness (QED) is 0.0210. The van der Waals surface area contributed by atoms with Crippen LogP contribution in [0.1, 0.15) is 0 Å². The molecule has 0 unspecified atom stereocenters. The first kappa shape index (κ1) is 69.4. The molecule has 9 rings (SSSR count). The van der Waals surface area contributed by atoms with E-state index in [0.29, 0.717) is 193 Å². The lowest BCUT2D eigenvalue weighted by atomic mass is 10.0. The highest BCUT2D eigenvalue weighted by Gasteiger charge is 2.22. The molecule has 4 aromatic carbocycles. The fourth-order valence-electron chi connectivity index (χ4n) is 10.0. The molecule has 0 fully saturated rings. The Labute approximate surface area is 534 Å². The van der Waals surface area contributed by atoms with Crippen LogP contribution in [0.5, 0.6) is 23.0 Å². The van der Waals surface area contributed by atoms with Gasteiger partial charge in [0.25, 0.3) is 0 Å². The van der Waals surface area contributed by atoms with Crippen molar-refractivity contribution in [3.63, 3.8) is 0 Å². The van der Waals surface area contributed by atoms with Crippen molar-refractivity contribution < 1.29 is 96.2 Å². The van der Waals surface area contributed by atoms with Gasteiger partial charge in [0.1, 0.15) is 49.4 Å². The predicted molar refractivity (Wildman–Crippen MR) is 345 cm³/mol. The van der Waals surface area contributed by atoms with Crippen molar-refractivity contribution in [3.8, 4) is 68.0 Å². The topological polar surface area (TPSA) is 286 Å². The maximum atomic E-state index is 8.93. The van der Waals surface area contributed by atoms with Crippen molar-refractivity contribution in [2.45, 2.75) is 0 Å². The van der Waals surface area contributed by atoms with Crippen LogP contribution in [0.15, 0.2) is 97.1 Å². The summed E-state index contributed by atoms with van der Waals surface area (Å²) in [6.07, 6.45) is 0. The van der Waals surface area contributed by atoms with Crippen molar-refractivity contribution >= 4 is 43.6 Å². The van der Waals surface area contributed by atoms with E-state index in [1.54, 1.807) is 0 Å². The fraction of sp³-hybridized carbons (Fsp3) is 0.471. The van der Waals surface area contributed by atoms with Crippen LogP contribution in [-0.2, 0) is 56.8 Å². The number of rotatable bonds is 48. The van der Waals surface area contributed by atoms with E-state index in [1.807, 2.05) is 72.8 Å². The number of nitrogens with zero attached hydrogens (tertiary/aromatic N) is 2. The average Bonchev–Trinajstić information content (AvgIpc) is 1.64. The molecule has 8 bridgehead atoms. The Balaban J connectivity index is 1.04. The summed E-state index contributed by atoms with van der Waals surface area (Å²) in [6, 6.07) is 32.3. The zero-order chi connectivity index (χ0) is 63.6. The molecule has 0 radical (unpaired) electrons. The second-order valence-electron chi connectivity index (χ2n) is 20.7. The molecule has 498 valence electrons. The molecule has 3 aromatic heterocycles. The minimum Gasteiger partial charge on any atom is -0.491 e. The van der Waals surface area contributed by atoms with E-state index in [0.717, 1.165) is 77.3 Å². The summed E-state index contributed by atoms with van der Waals surface area (Å²) in [5, 5.41) is 39.4. The van der Waals surface area contributed by atoms with Gasteiger partial charge in [-0.05, 0) is 97.1 Å². The smallest absolute Gasteiger partial charge is 0.120 e. The minimum absolute atomic E-state index is 0.0265. The van der Waals surface area contributed by atoms with E-state index in [4.69, 9.17) is 106 Å². The third-order valence-electron chi connectivity index (χ3n) is 14.3. The number of nitrogens with one attached hydrogen (secondary N) is 2. The molecule has 0 spiro atoms. The van der Waals surface area contributed by atoms with Crippen molar-refractivity contribution in [2.24, 2.45) is 0 Å². The second kappa shape index (κ2) is 39.6. The van der Waals surface area contributed by atoms with Crippen LogP contribution in [0.25, 0.3) is 88.6 Å². The third-order valence-corrected chi connectivity index (χ3v) is 14.3. The van der Waals surface area contributed by atoms with Crippen LogP contribution in [0.3, 0.4) is 0 Å². The molecule has 2 aliphatic rings. The van der Waals surface area contributed by atoms with Gasteiger partial charge < -0.3 is 106 Å². The summed E-state index contributed by atoms with van der Waals surface area (Å²) in [6.45, 7) is 10.1. The molecule has 24 heteroatoms. The van der Waals surface area contributed by atoms with Gasteiger partial charge in [0, 0.05) is 65.9 Å². The maximum absolute atomic E-state index is 8.93. The van der Waals surface area contributed by atoms with E-state index in [-0.39, 0.29) is 52.9 Å². The van der Waals surface area contributed by atoms with E-state index in [2.05, 4.69) is 34.2 Å². The lowest BCUT2D eigenvalue weighted by Crippen LogP contribution is -2.13. The predicted octanol–water partition coefficient (Wildman–Crippen LogP) is 6.97. The molecule has 0 amide bonds. The number of aliphatic hydroxyl groups excluding tert-OH is 4. The first-order chi connectivity index (χ1) is 45.5. The number of aliphatic hydroxyl groups is 4. The van der Waals surface area contributed by atoms with Crippen molar-refractivity contribution in [1.29, 1.82) is 0 Å². The minimum atomic E-state index is -0.0266. The van der Waals surface area contributed by atoms with Gasteiger partial charge in [-0.3, -0.25) is 0 Å². The van der Waals surface area contributed by atoms with Crippen LogP contribution in [0, 0.1) is 0 Å². The van der Waals surface area contributed by atoms with Gasteiger partial charge in [0.15, 0.2) is 0 Å². The standard InChI is InChI=1S/C68H86N4O20/c73-9-13-77-17-21-81-25-29-85-33-37-89-49-1-5-53-57(41-49)65-46-62-55-7-3-51(91-39-35-87-31-27-83-23-19-79-15-11-75)43-59(55)67(71-62)48-64-56-8-4-52(92-40-36-88-32-28-84-24-20-80-16-12-76)44-60(56)68(72-64)47-63-54-6-2-50(42-58(54)66(70-63)45-61(53)69-65)90-38-34-86-30-26-82-22-18-78-14-10-74/h1-8,41-48,69,72-76H,9-40H2. The van der Waals surface area contributed by atoms with E-state index in [1.165, 1.54) is 0 Å². The third kappa shape index (κ3) is 21.6. The van der Waals surface area contributed by atoms with Crippen molar-refractivity contribution in [2.75, 3.05) is 211 Å². The fourth-order valence-corrected chi connectivity index (χ4v) is 10.0. The molecule has 6 N–H and O–H groups in total. The summed E-state index contributed by atoms with van der Waals surface area (Å²) in [4.78, 5) is 18.3. The molecule has 7 aromatic rings. The van der Waals surface area contributed by atoms with Gasteiger partial charge in [-0.2, -0.15) is 0 Å². The van der Waals surface area contributed by atoms with E-state index < -0.39 is 0 Å². The number of hydrogen-bond acceptors (Lipinski definition) is 22. The van der Waals surface area contributed by atoms with Crippen LogP contribution in [0.2, 0.25) is 0 Å². The maximum Gasteiger partial charge on any atom is 0.120 e. The molecular weight excluding hydrogens is 1190 g/mol. The first-order valence-electron chi connectivity index (χ1n) is 31.3. The van der Waals surface area contributed by atoms with Gasteiger partial charge in [-0.25, -0.2) is 9.97 Å². The molecule has 0 atom stereocenters. The van der Waals surface area contributed by atoms with Gasteiger partial charge in [-0.1, -0.05) is 0 Å². The highest BCUT2D eigenvalue weighted by Crippen LogP contribution is 2.43. The van der Waals surface area contributed by atoms with Crippen LogP contribution >= 0.6 is 0 Å². The molecule has 5 heterocycles. The number of aromatic nitrogens is 4. The average molecular weight is 1280 g/mol. The van der Waals surface area contributed by atoms with Gasteiger partial charge in [0.05, 0.1) is 208 Å². The van der Waals surface area contributed by atoms with E-state index in [9.17, 15) is 0 Å². The Morgan fingerprint density at radius 3 is 0.739 bits per heavy atom. The monoisotopic (exact) mass is 1280 g/mol. The highest BCUT2D eigenvalue weighted by atomic mass is 16.6. The largest absolute Gasteiger partial charge is 0.491 e. The van der Waals surface area contributed by atoms with Gasteiger partial charge >= 0.3 is 0 Å². The number of H-pyrrole nitrogens is 2. The molecular formula is C68H86N4O20. The number of aromatic amines is 2. The van der Waals surface area contributed by atoms with Crippen molar-refractivity contribution in [1.82, 2.24) is 19.9 Å².